The molecule has 3 amide bonds. The van der Waals surface area contributed by atoms with Crippen LogP contribution in [-0.4, -0.2) is 71.5 Å². The molecule has 0 unspecified atom stereocenters. The molecule has 10 heteroatoms. The van der Waals surface area contributed by atoms with Gasteiger partial charge in [0, 0.05) is 6.42 Å². The molecule has 2 heterocycles. The fourth-order valence-corrected chi connectivity index (χ4v) is 4.38. The Hall–Kier alpha value is -1.91. The molecule has 1 fully saturated rings. The third kappa shape index (κ3) is 11.6. The van der Waals surface area contributed by atoms with Crippen LogP contribution in [0.5, 0.6) is 0 Å². The summed E-state index contributed by atoms with van der Waals surface area (Å²) in [6.45, 7) is 2.22. The SMILES string of the molecule is CCCCCCCCCCCCCCCCOC(=O)NC1=NCN([C@H]2C[C@H](O)[C@@H](CO)O2)C(=O)N1. The van der Waals surface area contributed by atoms with E-state index in [1.54, 1.807) is 0 Å². The number of aliphatic hydroxyl groups excluding tert-OH is 2. The maximum atomic E-state index is 12.3. The van der Waals surface area contributed by atoms with Gasteiger partial charge in [-0.05, 0) is 6.42 Å². The first-order chi connectivity index (χ1) is 17.0. The second-order valence-corrected chi connectivity index (χ2v) is 9.52. The van der Waals surface area contributed by atoms with Gasteiger partial charge in [-0.1, -0.05) is 90.4 Å². The van der Waals surface area contributed by atoms with Crippen LogP contribution in [0, 0.1) is 0 Å². The van der Waals surface area contributed by atoms with Gasteiger partial charge in [0.2, 0.25) is 5.96 Å². The summed E-state index contributed by atoms with van der Waals surface area (Å²) < 4.78 is 10.6. The number of carbonyl (C=O) groups is 2. The smallest absolute Gasteiger partial charge is 0.413 e. The van der Waals surface area contributed by atoms with E-state index in [2.05, 4.69) is 22.5 Å². The Kier molecular flexibility index (Phi) is 14.7. The minimum atomic E-state index is -0.841. The summed E-state index contributed by atoms with van der Waals surface area (Å²) >= 11 is 0. The molecule has 0 radical (unpaired) electrons. The zero-order chi connectivity index (χ0) is 25.3. The van der Waals surface area contributed by atoms with Gasteiger partial charge in [-0.25, -0.2) is 14.6 Å². The number of nitrogens with zero attached hydrogens (tertiary/aromatic N) is 2. The number of ether oxygens (including phenoxy) is 2. The lowest BCUT2D eigenvalue weighted by Gasteiger charge is -2.30. The Balaban J connectivity index is 1.44. The van der Waals surface area contributed by atoms with Crippen molar-refractivity contribution in [3.05, 3.63) is 0 Å². The van der Waals surface area contributed by atoms with Crippen LogP contribution in [0.3, 0.4) is 0 Å². The van der Waals surface area contributed by atoms with Crippen molar-refractivity contribution in [1.82, 2.24) is 15.5 Å². The van der Waals surface area contributed by atoms with Crippen molar-refractivity contribution in [1.29, 1.82) is 0 Å². The molecule has 1 saturated heterocycles. The summed E-state index contributed by atoms with van der Waals surface area (Å²) in [6, 6.07) is -0.502. The Bertz CT molecular complexity index is 647. The summed E-state index contributed by atoms with van der Waals surface area (Å²) in [7, 11) is 0. The van der Waals surface area contributed by atoms with Crippen molar-refractivity contribution in [2.24, 2.45) is 4.99 Å². The molecule has 0 bridgehead atoms. The van der Waals surface area contributed by atoms with Crippen LogP contribution in [-0.2, 0) is 9.47 Å². The van der Waals surface area contributed by atoms with E-state index >= 15 is 0 Å². The molecule has 202 valence electrons. The standard InChI is InChI=1S/C25H46N4O6/c1-2-3-4-5-6-7-8-9-10-11-12-13-14-15-16-34-25(33)28-23-26-19-29(24(32)27-23)22-17-20(31)21(18-30)35-22/h20-22,30-31H,2-19H2,1H3,(H2,26,27,28,32,33)/t20-,21+,22+/m0/s1. The molecule has 2 aliphatic heterocycles. The van der Waals surface area contributed by atoms with Crippen molar-refractivity contribution in [2.45, 2.75) is 122 Å². The molecule has 0 aromatic carbocycles. The van der Waals surface area contributed by atoms with Gasteiger partial charge in [-0.2, -0.15) is 0 Å². The fourth-order valence-electron chi connectivity index (χ4n) is 4.38. The number of rotatable bonds is 17. The van der Waals surface area contributed by atoms with Crippen LogP contribution < -0.4 is 10.6 Å². The molecule has 0 saturated carbocycles. The zero-order valence-electron chi connectivity index (χ0n) is 21.4. The summed E-state index contributed by atoms with van der Waals surface area (Å²) in [6.07, 6.45) is 15.0. The van der Waals surface area contributed by atoms with Gasteiger partial charge < -0.3 is 19.7 Å². The van der Waals surface area contributed by atoms with Crippen molar-refractivity contribution in [3.63, 3.8) is 0 Å². The highest BCUT2D eigenvalue weighted by atomic mass is 16.6. The molecule has 0 aliphatic carbocycles. The number of unbranched alkanes of at least 4 members (excludes halogenated alkanes) is 13. The summed E-state index contributed by atoms with van der Waals surface area (Å²) in [5.74, 6) is 0.0227. The second kappa shape index (κ2) is 17.5. The Morgan fingerprint density at radius 1 is 1.06 bits per heavy atom. The average Bonchev–Trinajstić information content (AvgIpc) is 3.21. The van der Waals surface area contributed by atoms with Crippen LogP contribution in [0.15, 0.2) is 4.99 Å². The van der Waals surface area contributed by atoms with Crippen LogP contribution in [0.25, 0.3) is 0 Å². The van der Waals surface area contributed by atoms with Gasteiger partial charge in [0.15, 0.2) is 0 Å². The third-order valence-corrected chi connectivity index (χ3v) is 6.55. The van der Waals surface area contributed by atoms with E-state index in [1.165, 1.54) is 75.5 Å². The topological polar surface area (TPSA) is 133 Å². The number of guanidine groups is 1. The molecule has 0 aromatic rings. The second-order valence-electron chi connectivity index (χ2n) is 9.52. The van der Waals surface area contributed by atoms with Crippen molar-refractivity contribution in [3.8, 4) is 0 Å². The van der Waals surface area contributed by atoms with Gasteiger partial charge in [0.1, 0.15) is 19.0 Å². The number of aliphatic hydroxyl groups is 2. The maximum absolute atomic E-state index is 12.3. The number of alkyl carbamates (subject to hydrolysis) is 1. The van der Waals surface area contributed by atoms with Crippen LogP contribution in [0.2, 0.25) is 0 Å². The highest BCUT2D eigenvalue weighted by Gasteiger charge is 2.39. The minimum absolute atomic E-state index is 0.0227. The Morgan fingerprint density at radius 3 is 2.14 bits per heavy atom. The fraction of sp³-hybridized carbons (Fsp3) is 0.880. The molecule has 2 rings (SSSR count). The number of urea groups is 1. The first-order valence-corrected chi connectivity index (χ1v) is 13.5. The van der Waals surface area contributed by atoms with Crippen LogP contribution >= 0.6 is 0 Å². The van der Waals surface area contributed by atoms with E-state index in [-0.39, 0.29) is 25.7 Å². The molecular formula is C25H46N4O6. The molecule has 0 aromatic heterocycles. The van der Waals surface area contributed by atoms with Gasteiger partial charge in [0.25, 0.3) is 0 Å². The predicted molar refractivity (Wildman–Crippen MR) is 134 cm³/mol. The van der Waals surface area contributed by atoms with Crippen molar-refractivity contribution >= 4 is 18.1 Å². The maximum Gasteiger partial charge on any atom is 0.413 e. The van der Waals surface area contributed by atoms with Crippen LogP contribution in [0.1, 0.15) is 103 Å². The van der Waals surface area contributed by atoms with Crippen molar-refractivity contribution < 1.29 is 29.3 Å². The highest BCUT2D eigenvalue weighted by Crippen LogP contribution is 2.24. The van der Waals surface area contributed by atoms with Gasteiger partial charge >= 0.3 is 12.1 Å². The number of amides is 3. The molecule has 4 N–H and O–H groups in total. The summed E-state index contributed by atoms with van der Waals surface area (Å²) in [5.41, 5.74) is 0. The highest BCUT2D eigenvalue weighted by molar-refractivity contribution is 6.03. The van der Waals surface area contributed by atoms with E-state index in [9.17, 15) is 19.8 Å². The van der Waals surface area contributed by atoms with Crippen molar-refractivity contribution in [2.75, 3.05) is 19.9 Å². The monoisotopic (exact) mass is 498 g/mol. The summed E-state index contributed by atoms with van der Waals surface area (Å²) in [4.78, 5) is 29.7. The molecule has 35 heavy (non-hydrogen) atoms. The molecule has 10 nitrogen and oxygen atoms in total. The number of hydrogen-bond acceptors (Lipinski definition) is 7. The number of nitrogens with one attached hydrogen (secondary N) is 2. The Morgan fingerprint density at radius 2 is 1.63 bits per heavy atom. The first-order valence-electron chi connectivity index (χ1n) is 13.5. The zero-order valence-corrected chi connectivity index (χ0v) is 21.4. The summed E-state index contributed by atoms with van der Waals surface area (Å²) in [5, 5.41) is 23.9. The van der Waals surface area contributed by atoms with Crippen LogP contribution in [0.4, 0.5) is 9.59 Å². The number of hydrogen-bond donors (Lipinski definition) is 4. The molecular weight excluding hydrogens is 452 g/mol. The van der Waals surface area contributed by atoms with Gasteiger partial charge in [-0.3, -0.25) is 15.5 Å². The number of aliphatic imine (C=N–C) groups is 1. The minimum Gasteiger partial charge on any atom is -0.449 e. The molecule has 0 spiro atoms. The lowest BCUT2D eigenvalue weighted by molar-refractivity contribution is -0.0637. The van der Waals surface area contributed by atoms with E-state index in [4.69, 9.17) is 9.47 Å². The Labute approximate surface area is 209 Å². The third-order valence-electron chi connectivity index (χ3n) is 6.55. The van der Waals surface area contributed by atoms with Gasteiger partial charge in [-0.15, -0.1) is 0 Å². The lowest BCUT2D eigenvalue weighted by atomic mass is 10.0. The molecule has 2 aliphatic rings. The average molecular weight is 499 g/mol. The van der Waals surface area contributed by atoms with E-state index in [0.717, 1.165) is 19.3 Å². The normalized spacial score (nSPS) is 22.1. The predicted octanol–water partition coefficient (Wildman–Crippen LogP) is 4.00. The molecule has 3 atom stereocenters. The quantitative estimate of drug-likeness (QED) is 0.224. The van der Waals surface area contributed by atoms with E-state index in [1.807, 2.05) is 0 Å². The van der Waals surface area contributed by atoms with E-state index in [0.29, 0.717) is 6.61 Å². The number of carbonyl (C=O) groups excluding carboxylic acids is 2. The van der Waals surface area contributed by atoms with Gasteiger partial charge in [0.05, 0.1) is 19.3 Å². The first kappa shape index (κ1) is 29.3. The largest absolute Gasteiger partial charge is 0.449 e. The lowest BCUT2D eigenvalue weighted by Crippen LogP contribution is -2.56. The van der Waals surface area contributed by atoms with E-state index < -0.39 is 30.6 Å².